The number of rotatable bonds is 2. The molecule has 2 unspecified atom stereocenters. The molecule has 2 nitrogen and oxygen atoms in total. The van der Waals surface area contributed by atoms with Crippen LogP contribution in [0.15, 0.2) is 22.7 Å². The Hall–Kier alpha value is -0.380. The fourth-order valence-electron chi connectivity index (χ4n) is 3.83. The Morgan fingerprint density at radius 2 is 2.10 bits per heavy atom. The number of ether oxygens (including phenoxy) is 1. The Bertz CT molecular complexity index is 482. The van der Waals surface area contributed by atoms with Crippen LogP contribution in [-0.2, 0) is 4.74 Å². The molecule has 1 aromatic rings. The van der Waals surface area contributed by atoms with Gasteiger partial charge in [0.25, 0.3) is 0 Å². The summed E-state index contributed by atoms with van der Waals surface area (Å²) in [6.07, 6.45) is 7.33. The van der Waals surface area contributed by atoms with Gasteiger partial charge in [-0.05, 0) is 55.7 Å². The number of hydrogen-bond donors (Lipinski definition) is 1. The predicted molar refractivity (Wildman–Crippen MR) is 85.7 cm³/mol. The van der Waals surface area contributed by atoms with E-state index in [0.29, 0.717) is 5.92 Å². The topological polar surface area (TPSA) is 35.2 Å². The fourth-order valence-corrected chi connectivity index (χ4v) is 4.23. The van der Waals surface area contributed by atoms with E-state index in [9.17, 15) is 0 Å². The van der Waals surface area contributed by atoms with Crippen molar-refractivity contribution in [3.8, 4) is 0 Å². The molecule has 0 bridgehead atoms. The van der Waals surface area contributed by atoms with Gasteiger partial charge in [0, 0.05) is 17.1 Å². The summed E-state index contributed by atoms with van der Waals surface area (Å²) < 4.78 is 7.28. The van der Waals surface area contributed by atoms with Crippen LogP contribution in [0.2, 0.25) is 0 Å². The molecule has 0 aromatic heterocycles. The minimum atomic E-state index is 0.133. The number of hydrogen-bond acceptors (Lipinski definition) is 2. The highest BCUT2D eigenvalue weighted by Gasteiger charge is 2.41. The second-order valence-corrected chi connectivity index (χ2v) is 7.38. The molecule has 2 N–H and O–H groups in total. The number of aryl methyl sites for hydroxylation is 1. The van der Waals surface area contributed by atoms with Crippen molar-refractivity contribution in [2.45, 2.75) is 57.1 Å². The van der Waals surface area contributed by atoms with E-state index in [0.717, 1.165) is 23.9 Å². The maximum atomic E-state index is 6.56. The standard InChI is InChI=1S/C17H24BrNO/c1-12-4-5-13(10-15(12)18)16(19)14-6-9-20-17(11-14)7-2-3-8-17/h4-5,10,14,16H,2-3,6-9,11,19H2,1H3. The third-order valence-electron chi connectivity index (χ3n) is 5.13. The Labute approximate surface area is 130 Å². The van der Waals surface area contributed by atoms with Crippen LogP contribution in [0, 0.1) is 12.8 Å². The number of nitrogens with two attached hydrogens (primary N) is 1. The molecule has 3 heteroatoms. The molecule has 2 fully saturated rings. The molecule has 110 valence electrons. The third-order valence-corrected chi connectivity index (χ3v) is 5.99. The Morgan fingerprint density at radius 3 is 2.80 bits per heavy atom. The van der Waals surface area contributed by atoms with E-state index in [-0.39, 0.29) is 11.6 Å². The van der Waals surface area contributed by atoms with Gasteiger partial charge in [-0.1, -0.05) is 40.9 Å². The van der Waals surface area contributed by atoms with Gasteiger partial charge in [0.15, 0.2) is 0 Å². The van der Waals surface area contributed by atoms with Crippen LogP contribution in [0.4, 0.5) is 0 Å². The van der Waals surface area contributed by atoms with Crippen LogP contribution < -0.4 is 5.73 Å². The lowest BCUT2D eigenvalue weighted by Crippen LogP contribution is -2.40. The van der Waals surface area contributed by atoms with Gasteiger partial charge in [0.1, 0.15) is 0 Å². The first-order valence-corrected chi connectivity index (χ1v) is 8.55. The van der Waals surface area contributed by atoms with Crippen molar-refractivity contribution in [2.24, 2.45) is 11.7 Å². The van der Waals surface area contributed by atoms with Crippen molar-refractivity contribution in [3.05, 3.63) is 33.8 Å². The van der Waals surface area contributed by atoms with E-state index in [1.165, 1.54) is 36.8 Å². The average Bonchev–Trinajstić information content (AvgIpc) is 2.89. The molecule has 1 aliphatic heterocycles. The van der Waals surface area contributed by atoms with Gasteiger partial charge in [-0.2, -0.15) is 0 Å². The van der Waals surface area contributed by atoms with Crippen LogP contribution in [0.3, 0.4) is 0 Å². The lowest BCUT2D eigenvalue weighted by atomic mass is 9.79. The first-order valence-electron chi connectivity index (χ1n) is 7.75. The van der Waals surface area contributed by atoms with E-state index >= 15 is 0 Å². The second kappa shape index (κ2) is 5.78. The van der Waals surface area contributed by atoms with Gasteiger partial charge in [-0.3, -0.25) is 0 Å². The van der Waals surface area contributed by atoms with Gasteiger partial charge < -0.3 is 10.5 Å². The first kappa shape index (κ1) is 14.6. The summed E-state index contributed by atoms with van der Waals surface area (Å²) in [5.74, 6) is 0.552. The minimum absolute atomic E-state index is 0.133. The molecule has 0 radical (unpaired) electrons. The van der Waals surface area contributed by atoms with Crippen LogP contribution in [0.25, 0.3) is 0 Å². The molecular formula is C17H24BrNO. The summed E-state index contributed by atoms with van der Waals surface area (Å²) in [5.41, 5.74) is 9.23. The van der Waals surface area contributed by atoms with E-state index < -0.39 is 0 Å². The van der Waals surface area contributed by atoms with Crippen molar-refractivity contribution >= 4 is 15.9 Å². The SMILES string of the molecule is Cc1ccc(C(N)C2CCOC3(CCCC3)C2)cc1Br. The molecule has 2 atom stereocenters. The molecule has 20 heavy (non-hydrogen) atoms. The molecule has 1 heterocycles. The molecule has 3 rings (SSSR count). The highest BCUT2D eigenvalue weighted by Crippen LogP contribution is 2.44. The van der Waals surface area contributed by atoms with E-state index in [1.54, 1.807) is 0 Å². The average molecular weight is 338 g/mol. The number of halogens is 1. The Morgan fingerprint density at radius 1 is 1.35 bits per heavy atom. The molecule has 1 aliphatic carbocycles. The minimum Gasteiger partial charge on any atom is -0.375 e. The zero-order valence-electron chi connectivity index (χ0n) is 12.2. The third kappa shape index (κ3) is 2.81. The molecule has 0 amide bonds. The molecule has 1 saturated carbocycles. The van der Waals surface area contributed by atoms with Gasteiger partial charge in [-0.15, -0.1) is 0 Å². The van der Waals surface area contributed by atoms with E-state index in [2.05, 4.69) is 41.1 Å². The van der Waals surface area contributed by atoms with Crippen LogP contribution in [0.5, 0.6) is 0 Å². The van der Waals surface area contributed by atoms with Gasteiger partial charge in [0.05, 0.1) is 5.60 Å². The normalized spacial score (nSPS) is 26.9. The highest BCUT2D eigenvalue weighted by atomic mass is 79.9. The van der Waals surface area contributed by atoms with Crippen molar-refractivity contribution < 1.29 is 4.74 Å². The van der Waals surface area contributed by atoms with Crippen molar-refractivity contribution in [2.75, 3.05) is 6.61 Å². The van der Waals surface area contributed by atoms with E-state index in [1.807, 2.05) is 0 Å². The van der Waals surface area contributed by atoms with Gasteiger partial charge in [-0.25, -0.2) is 0 Å². The van der Waals surface area contributed by atoms with Crippen LogP contribution >= 0.6 is 15.9 Å². The maximum Gasteiger partial charge on any atom is 0.0685 e. The summed E-state index contributed by atoms with van der Waals surface area (Å²) >= 11 is 3.62. The second-order valence-electron chi connectivity index (χ2n) is 6.53. The highest BCUT2D eigenvalue weighted by molar-refractivity contribution is 9.10. The number of benzene rings is 1. The van der Waals surface area contributed by atoms with Crippen LogP contribution in [-0.4, -0.2) is 12.2 Å². The maximum absolute atomic E-state index is 6.56. The molecule has 1 spiro atoms. The molecule has 1 aromatic carbocycles. The smallest absolute Gasteiger partial charge is 0.0685 e. The van der Waals surface area contributed by atoms with Gasteiger partial charge >= 0.3 is 0 Å². The van der Waals surface area contributed by atoms with Crippen molar-refractivity contribution in [1.82, 2.24) is 0 Å². The predicted octanol–water partition coefficient (Wildman–Crippen LogP) is 4.50. The summed E-state index contributed by atoms with van der Waals surface area (Å²) in [4.78, 5) is 0. The lowest BCUT2D eigenvalue weighted by Gasteiger charge is -2.40. The lowest BCUT2D eigenvalue weighted by molar-refractivity contribution is -0.0963. The van der Waals surface area contributed by atoms with Crippen LogP contribution in [0.1, 0.15) is 55.7 Å². The summed E-state index contributed by atoms with van der Waals surface area (Å²) in [7, 11) is 0. The molecular weight excluding hydrogens is 314 g/mol. The van der Waals surface area contributed by atoms with Crippen molar-refractivity contribution in [3.63, 3.8) is 0 Å². The molecule has 1 saturated heterocycles. The zero-order chi connectivity index (χ0) is 14.2. The Balaban J connectivity index is 1.75. The largest absolute Gasteiger partial charge is 0.375 e. The zero-order valence-corrected chi connectivity index (χ0v) is 13.8. The van der Waals surface area contributed by atoms with Gasteiger partial charge in [0.2, 0.25) is 0 Å². The summed E-state index contributed by atoms with van der Waals surface area (Å²) in [6, 6.07) is 6.66. The fraction of sp³-hybridized carbons (Fsp3) is 0.647. The first-order chi connectivity index (χ1) is 9.60. The van der Waals surface area contributed by atoms with E-state index in [4.69, 9.17) is 10.5 Å². The quantitative estimate of drug-likeness (QED) is 0.862. The summed E-state index contributed by atoms with van der Waals surface area (Å²) in [5, 5.41) is 0. The molecule has 2 aliphatic rings. The monoisotopic (exact) mass is 337 g/mol. The summed E-state index contributed by atoms with van der Waals surface area (Å²) in [6.45, 7) is 2.99. The van der Waals surface area contributed by atoms with Crippen molar-refractivity contribution in [1.29, 1.82) is 0 Å². The Kier molecular flexibility index (Phi) is 4.21.